The largest absolute Gasteiger partial charge is 0.272 e. The van der Waals surface area contributed by atoms with Gasteiger partial charge in [-0.1, -0.05) is 6.92 Å². The van der Waals surface area contributed by atoms with E-state index in [0.717, 1.165) is 6.42 Å². The van der Waals surface area contributed by atoms with Crippen molar-refractivity contribution in [3.8, 4) is 0 Å². The molecule has 1 aliphatic rings. The highest BCUT2D eigenvalue weighted by atomic mass is 17.2. The molecule has 5 nitrogen and oxygen atoms in total. The van der Waals surface area contributed by atoms with Gasteiger partial charge in [0.1, 0.15) is 5.60 Å². The number of nitrogens with zero attached hydrogens (tertiary/aromatic N) is 1. The first kappa shape index (κ1) is 15.9. The van der Waals surface area contributed by atoms with E-state index in [4.69, 9.17) is 9.78 Å². The molecule has 0 aromatic heterocycles. The van der Waals surface area contributed by atoms with Crippen molar-refractivity contribution >= 4 is 11.8 Å². The van der Waals surface area contributed by atoms with Gasteiger partial charge in [0.2, 0.25) is 0 Å². The van der Waals surface area contributed by atoms with Crippen molar-refractivity contribution in [1.82, 2.24) is 4.90 Å². The first-order valence-corrected chi connectivity index (χ1v) is 6.49. The van der Waals surface area contributed by atoms with Crippen LogP contribution in [0, 0.1) is 0 Å². The standard InChI is InChI=1S/C14H23NO4/c1-7-13(3,4)18-19-14(5,6)9-15-11(16)8-10(2)12(15)17/h8H,7,9H2,1-6H3. The van der Waals surface area contributed by atoms with Crippen LogP contribution in [0.1, 0.15) is 48.0 Å². The van der Waals surface area contributed by atoms with Crippen LogP contribution in [0.3, 0.4) is 0 Å². The molecule has 0 bridgehead atoms. The molecule has 19 heavy (non-hydrogen) atoms. The van der Waals surface area contributed by atoms with Gasteiger partial charge in [0, 0.05) is 11.6 Å². The number of amides is 2. The molecule has 0 N–H and O–H groups in total. The summed E-state index contributed by atoms with van der Waals surface area (Å²) < 4.78 is 0. The van der Waals surface area contributed by atoms with E-state index in [-0.39, 0.29) is 18.4 Å². The summed E-state index contributed by atoms with van der Waals surface area (Å²) in [6.45, 7) is 11.2. The molecule has 0 spiro atoms. The molecule has 0 unspecified atom stereocenters. The molecule has 0 saturated carbocycles. The zero-order valence-corrected chi connectivity index (χ0v) is 12.6. The van der Waals surface area contributed by atoms with Crippen LogP contribution in [0.15, 0.2) is 11.6 Å². The number of imide groups is 1. The maximum atomic E-state index is 11.8. The molecule has 108 valence electrons. The van der Waals surface area contributed by atoms with E-state index >= 15 is 0 Å². The van der Waals surface area contributed by atoms with Gasteiger partial charge in [-0.15, -0.1) is 0 Å². The van der Waals surface area contributed by atoms with E-state index in [2.05, 4.69) is 0 Å². The Balaban J connectivity index is 2.61. The minimum absolute atomic E-state index is 0.165. The smallest absolute Gasteiger partial charge is 0.256 e. The Labute approximate surface area is 114 Å². The Morgan fingerprint density at radius 3 is 2.05 bits per heavy atom. The van der Waals surface area contributed by atoms with Gasteiger partial charge < -0.3 is 0 Å². The lowest BCUT2D eigenvalue weighted by Gasteiger charge is -2.32. The van der Waals surface area contributed by atoms with Crippen molar-refractivity contribution in [2.75, 3.05) is 6.54 Å². The minimum Gasteiger partial charge on any atom is -0.272 e. The van der Waals surface area contributed by atoms with Gasteiger partial charge in [-0.2, -0.15) is 0 Å². The van der Waals surface area contributed by atoms with Crippen molar-refractivity contribution in [3.05, 3.63) is 11.6 Å². The molecule has 0 aromatic carbocycles. The van der Waals surface area contributed by atoms with E-state index in [1.165, 1.54) is 11.0 Å². The van der Waals surface area contributed by atoms with Crippen LogP contribution in [-0.4, -0.2) is 34.5 Å². The number of hydrogen-bond donors (Lipinski definition) is 0. The average Bonchev–Trinajstić information content (AvgIpc) is 2.54. The van der Waals surface area contributed by atoms with Crippen LogP contribution in [-0.2, 0) is 19.4 Å². The molecule has 1 rings (SSSR count). The molecule has 1 heterocycles. The Morgan fingerprint density at radius 2 is 1.63 bits per heavy atom. The van der Waals surface area contributed by atoms with Gasteiger partial charge in [-0.3, -0.25) is 14.5 Å². The lowest BCUT2D eigenvalue weighted by atomic mass is 10.1. The molecule has 2 amide bonds. The zero-order valence-electron chi connectivity index (χ0n) is 12.6. The number of carbonyl (C=O) groups is 2. The number of rotatable bonds is 6. The second-order valence-corrected chi connectivity index (χ2v) is 6.10. The van der Waals surface area contributed by atoms with Crippen molar-refractivity contribution in [3.63, 3.8) is 0 Å². The van der Waals surface area contributed by atoms with Gasteiger partial charge in [0.05, 0.1) is 12.1 Å². The van der Waals surface area contributed by atoms with Gasteiger partial charge in [0.25, 0.3) is 11.8 Å². The molecule has 1 aliphatic heterocycles. The fourth-order valence-electron chi connectivity index (χ4n) is 1.48. The molecule has 0 aliphatic carbocycles. The van der Waals surface area contributed by atoms with Crippen LogP contribution < -0.4 is 0 Å². The zero-order chi connectivity index (χ0) is 14.8. The van der Waals surface area contributed by atoms with Crippen LogP contribution in [0.2, 0.25) is 0 Å². The number of hydrogen-bond acceptors (Lipinski definition) is 4. The summed E-state index contributed by atoms with van der Waals surface area (Å²) in [6.07, 6.45) is 2.14. The summed E-state index contributed by atoms with van der Waals surface area (Å²) in [4.78, 5) is 35.4. The Morgan fingerprint density at radius 1 is 1.11 bits per heavy atom. The third-order valence-electron chi connectivity index (χ3n) is 3.07. The molecule has 0 radical (unpaired) electrons. The van der Waals surface area contributed by atoms with E-state index in [1.54, 1.807) is 20.8 Å². The van der Waals surface area contributed by atoms with Crippen LogP contribution >= 0.6 is 0 Å². The van der Waals surface area contributed by atoms with Crippen LogP contribution in [0.4, 0.5) is 0 Å². The third kappa shape index (κ3) is 4.14. The fourth-order valence-corrected chi connectivity index (χ4v) is 1.48. The predicted molar refractivity (Wildman–Crippen MR) is 71.1 cm³/mol. The van der Waals surface area contributed by atoms with Crippen molar-refractivity contribution < 1.29 is 19.4 Å². The molecular formula is C14H23NO4. The van der Waals surface area contributed by atoms with Gasteiger partial charge in [-0.05, 0) is 41.0 Å². The van der Waals surface area contributed by atoms with E-state index in [9.17, 15) is 9.59 Å². The maximum absolute atomic E-state index is 11.8. The van der Waals surface area contributed by atoms with Crippen molar-refractivity contribution in [2.24, 2.45) is 0 Å². The Bertz CT molecular complexity index is 410. The summed E-state index contributed by atoms with van der Waals surface area (Å²) in [5, 5.41) is 0. The Kier molecular flexibility index (Phi) is 4.53. The molecule has 0 aromatic rings. The van der Waals surface area contributed by atoms with Gasteiger partial charge in [-0.25, -0.2) is 9.78 Å². The predicted octanol–water partition coefficient (Wildman–Crippen LogP) is 2.22. The molecule has 0 fully saturated rings. The minimum atomic E-state index is -0.754. The molecule has 0 atom stereocenters. The van der Waals surface area contributed by atoms with E-state index in [1.807, 2.05) is 20.8 Å². The van der Waals surface area contributed by atoms with E-state index < -0.39 is 11.2 Å². The SMILES string of the molecule is CCC(C)(C)OOC(C)(C)CN1C(=O)C=C(C)C1=O. The topological polar surface area (TPSA) is 55.8 Å². The van der Waals surface area contributed by atoms with Crippen LogP contribution in [0.25, 0.3) is 0 Å². The van der Waals surface area contributed by atoms with E-state index in [0.29, 0.717) is 5.57 Å². The highest BCUT2D eigenvalue weighted by Gasteiger charge is 2.35. The first-order chi connectivity index (χ1) is 8.58. The molecule has 5 heteroatoms. The maximum Gasteiger partial charge on any atom is 0.256 e. The third-order valence-corrected chi connectivity index (χ3v) is 3.07. The lowest BCUT2D eigenvalue weighted by molar-refractivity contribution is -0.401. The molecular weight excluding hydrogens is 246 g/mol. The Hall–Kier alpha value is -1.20. The average molecular weight is 269 g/mol. The monoisotopic (exact) mass is 269 g/mol. The quantitative estimate of drug-likeness (QED) is 0.421. The second-order valence-electron chi connectivity index (χ2n) is 6.10. The number of carbonyl (C=O) groups excluding carboxylic acids is 2. The van der Waals surface area contributed by atoms with Crippen molar-refractivity contribution in [2.45, 2.75) is 59.2 Å². The lowest BCUT2D eigenvalue weighted by Crippen LogP contribution is -2.45. The summed E-state index contributed by atoms with van der Waals surface area (Å²) in [7, 11) is 0. The second kappa shape index (κ2) is 5.43. The highest BCUT2D eigenvalue weighted by Crippen LogP contribution is 2.22. The summed E-state index contributed by atoms with van der Waals surface area (Å²) >= 11 is 0. The summed E-state index contributed by atoms with van der Waals surface area (Å²) in [6, 6.07) is 0. The van der Waals surface area contributed by atoms with Crippen LogP contribution in [0.5, 0.6) is 0 Å². The molecule has 0 saturated heterocycles. The first-order valence-electron chi connectivity index (χ1n) is 6.49. The summed E-state index contributed by atoms with van der Waals surface area (Å²) in [5.41, 5.74) is -0.698. The normalized spacial score (nSPS) is 17.2. The summed E-state index contributed by atoms with van der Waals surface area (Å²) in [5.74, 6) is -0.564. The van der Waals surface area contributed by atoms with Gasteiger partial charge >= 0.3 is 0 Å². The van der Waals surface area contributed by atoms with Crippen molar-refractivity contribution in [1.29, 1.82) is 0 Å². The highest BCUT2D eigenvalue weighted by molar-refractivity contribution is 6.15. The van der Waals surface area contributed by atoms with Gasteiger partial charge in [0.15, 0.2) is 0 Å². The fraction of sp³-hybridized carbons (Fsp3) is 0.714.